The molecule has 0 aliphatic heterocycles. The van der Waals surface area contributed by atoms with E-state index in [0.29, 0.717) is 13.0 Å². The average Bonchev–Trinajstić information content (AvgIpc) is 3.31. The van der Waals surface area contributed by atoms with Crippen molar-refractivity contribution < 1.29 is 32.8 Å². The summed E-state index contributed by atoms with van der Waals surface area (Å²) in [5, 5.41) is 0. The van der Waals surface area contributed by atoms with Crippen LogP contribution in [0.5, 0.6) is 0 Å². The number of carbonyl (C=O) groups is 1. The van der Waals surface area contributed by atoms with Crippen molar-refractivity contribution in [3.05, 3.63) is 48.6 Å². The first-order valence-electron chi connectivity index (χ1n) is 28.1. The Morgan fingerprint density at radius 1 is 0.455 bits per heavy atom. The lowest BCUT2D eigenvalue weighted by Gasteiger charge is -2.20. The topological polar surface area (TPSA) is 117 Å². The fourth-order valence-electron chi connectivity index (χ4n) is 8.06. The highest BCUT2D eigenvalue weighted by Crippen LogP contribution is 2.43. The summed E-state index contributed by atoms with van der Waals surface area (Å²) in [6.07, 6.45) is 67.3. The summed E-state index contributed by atoms with van der Waals surface area (Å²) in [6.45, 7) is 4.93. The minimum absolute atomic E-state index is 0.0975. The SMILES string of the molecule is CCCCCCC/C=C\C/C=C\C/C=C\CCCCCCCCC(=O)OC(COCCCCCCCCCCCCCCCC/C=C\CCCCCCCCCC)COP(=O)(O)OCCN. The molecule has 66 heavy (non-hydrogen) atoms. The molecular formula is C57H108NO7P. The Hall–Kier alpha value is -1.54. The van der Waals surface area contributed by atoms with Crippen LogP contribution in [-0.4, -0.2) is 49.9 Å². The van der Waals surface area contributed by atoms with Gasteiger partial charge in [0.25, 0.3) is 0 Å². The number of esters is 1. The van der Waals surface area contributed by atoms with Gasteiger partial charge in [0.15, 0.2) is 0 Å². The molecule has 2 atom stereocenters. The first-order chi connectivity index (χ1) is 32.4. The normalized spacial score (nSPS) is 13.6. The second-order valence-corrected chi connectivity index (χ2v) is 20.2. The predicted octanol–water partition coefficient (Wildman–Crippen LogP) is 17.9. The molecule has 3 N–H and O–H groups in total. The van der Waals surface area contributed by atoms with E-state index in [0.717, 1.165) is 57.8 Å². The Morgan fingerprint density at radius 2 is 0.803 bits per heavy atom. The molecule has 9 heteroatoms. The van der Waals surface area contributed by atoms with E-state index in [4.69, 9.17) is 24.3 Å². The van der Waals surface area contributed by atoms with Crippen LogP contribution in [-0.2, 0) is 27.9 Å². The summed E-state index contributed by atoms with van der Waals surface area (Å²) in [5.41, 5.74) is 5.40. The third-order valence-corrected chi connectivity index (χ3v) is 13.2. The van der Waals surface area contributed by atoms with Crippen LogP contribution in [0.2, 0.25) is 0 Å². The summed E-state index contributed by atoms with van der Waals surface area (Å²) in [7, 11) is -4.29. The zero-order chi connectivity index (χ0) is 48.0. The number of ether oxygens (including phenoxy) is 2. The number of unbranched alkanes of at least 4 members (excludes halogenated alkanes) is 33. The van der Waals surface area contributed by atoms with Gasteiger partial charge in [-0.3, -0.25) is 13.8 Å². The van der Waals surface area contributed by atoms with Crippen LogP contribution in [0.1, 0.15) is 271 Å². The molecule has 0 aromatic rings. The minimum atomic E-state index is -4.29. The van der Waals surface area contributed by atoms with Gasteiger partial charge in [0, 0.05) is 19.6 Å². The van der Waals surface area contributed by atoms with Gasteiger partial charge in [0.1, 0.15) is 6.10 Å². The number of allylic oxidation sites excluding steroid dienone is 8. The van der Waals surface area contributed by atoms with Crippen molar-refractivity contribution in [1.82, 2.24) is 0 Å². The largest absolute Gasteiger partial charge is 0.472 e. The highest BCUT2D eigenvalue weighted by Gasteiger charge is 2.25. The smallest absolute Gasteiger partial charge is 0.457 e. The summed E-state index contributed by atoms with van der Waals surface area (Å²) < 4.78 is 33.7. The van der Waals surface area contributed by atoms with Crippen LogP contribution < -0.4 is 5.73 Å². The molecule has 0 amide bonds. The molecule has 0 radical (unpaired) electrons. The number of nitrogens with two attached hydrogens (primary N) is 1. The second kappa shape index (κ2) is 54.4. The van der Waals surface area contributed by atoms with Gasteiger partial charge in [-0.05, 0) is 77.0 Å². The first kappa shape index (κ1) is 64.5. The molecule has 0 bridgehead atoms. The van der Waals surface area contributed by atoms with Gasteiger partial charge in [-0.2, -0.15) is 0 Å². The van der Waals surface area contributed by atoms with E-state index in [-0.39, 0.29) is 32.3 Å². The number of rotatable bonds is 54. The lowest BCUT2D eigenvalue weighted by Crippen LogP contribution is -2.28. The van der Waals surface area contributed by atoms with E-state index in [2.05, 4.69) is 62.5 Å². The Labute approximate surface area is 409 Å². The molecule has 0 aliphatic rings. The van der Waals surface area contributed by atoms with Crippen LogP contribution in [0.25, 0.3) is 0 Å². The van der Waals surface area contributed by atoms with Crippen LogP contribution in [0.15, 0.2) is 48.6 Å². The quantitative estimate of drug-likeness (QED) is 0.0268. The van der Waals surface area contributed by atoms with Crippen molar-refractivity contribution in [2.24, 2.45) is 5.73 Å². The molecule has 0 aromatic heterocycles. The fourth-order valence-corrected chi connectivity index (χ4v) is 8.83. The molecule has 0 spiro atoms. The van der Waals surface area contributed by atoms with E-state index in [9.17, 15) is 14.3 Å². The number of carbonyl (C=O) groups excluding carboxylic acids is 1. The molecule has 8 nitrogen and oxygen atoms in total. The van der Waals surface area contributed by atoms with Crippen LogP contribution in [0.3, 0.4) is 0 Å². The Bertz CT molecular complexity index is 1160. The molecule has 2 unspecified atom stereocenters. The maximum Gasteiger partial charge on any atom is 0.472 e. The Kier molecular flexibility index (Phi) is 53.1. The van der Waals surface area contributed by atoms with Gasteiger partial charge < -0.3 is 20.1 Å². The third kappa shape index (κ3) is 53.4. The summed E-state index contributed by atoms with van der Waals surface area (Å²) >= 11 is 0. The van der Waals surface area contributed by atoms with Crippen molar-refractivity contribution >= 4 is 13.8 Å². The number of hydrogen-bond acceptors (Lipinski definition) is 7. The van der Waals surface area contributed by atoms with Gasteiger partial charge in [-0.25, -0.2) is 4.57 Å². The van der Waals surface area contributed by atoms with Crippen molar-refractivity contribution in [3.63, 3.8) is 0 Å². The van der Waals surface area contributed by atoms with E-state index in [1.807, 2.05) is 0 Å². The molecule has 0 saturated carbocycles. The lowest BCUT2D eigenvalue weighted by atomic mass is 10.0. The minimum Gasteiger partial charge on any atom is -0.457 e. The summed E-state index contributed by atoms with van der Waals surface area (Å²) in [6, 6.07) is 0. The molecule has 0 fully saturated rings. The van der Waals surface area contributed by atoms with Crippen molar-refractivity contribution in [3.8, 4) is 0 Å². The molecule has 0 aliphatic carbocycles. The van der Waals surface area contributed by atoms with Crippen LogP contribution >= 0.6 is 7.82 Å². The zero-order valence-corrected chi connectivity index (χ0v) is 44.3. The zero-order valence-electron chi connectivity index (χ0n) is 43.4. The van der Waals surface area contributed by atoms with Gasteiger partial charge in [-0.15, -0.1) is 0 Å². The van der Waals surface area contributed by atoms with E-state index in [1.165, 1.54) is 193 Å². The van der Waals surface area contributed by atoms with Gasteiger partial charge in [0.2, 0.25) is 0 Å². The van der Waals surface area contributed by atoms with Gasteiger partial charge in [-0.1, -0.05) is 236 Å². The maximum absolute atomic E-state index is 12.7. The molecular weight excluding hydrogens is 842 g/mol. The van der Waals surface area contributed by atoms with Crippen LogP contribution in [0, 0.1) is 0 Å². The predicted molar refractivity (Wildman–Crippen MR) is 284 cm³/mol. The van der Waals surface area contributed by atoms with Crippen molar-refractivity contribution in [2.45, 2.75) is 277 Å². The van der Waals surface area contributed by atoms with Crippen molar-refractivity contribution in [2.75, 3.05) is 33.0 Å². The average molecular weight is 950 g/mol. The molecule has 0 heterocycles. The number of phosphoric acid groups is 1. The lowest BCUT2D eigenvalue weighted by molar-refractivity contribution is -0.154. The van der Waals surface area contributed by atoms with Gasteiger partial charge >= 0.3 is 13.8 Å². The highest BCUT2D eigenvalue weighted by molar-refractivity contribution is 7.47. The first-order valence-corrected chi connectivity index (χ1v) is 29.6. The number of phosphoric ester groups is 1. The standard InChI is InChI=1S/C57H108NO7P/c1-3-5-7-9-11-13-15-17-19-21-23-25-26-27-28-29-31-33-35-37-39-41-43-45-47-49-52-62-54-56(55-64-66(60,61)63-53-51-58)65-57(59)50-48-46-44-42-40-38-36-34-32-30-24-22-20-18-16-14-12-10-8-6-4-2/h16,18,21-24,32,34,56H,3-15,17,19-20,25-31,33,35-55,58H2,1-2H3,(H,60,61)/b18-16-,23-21-,24-22-,34-32-. The summed E-state index contributed by atoms with van der Waals surface area (Å²) in [4.78, 5) is 22.6. The summed E-state index contributed by atoms with van der Waals surface area (Å²) in [5.74, 6) is -0.339. The van der Waals surface area contributed by atoms with Crippen molar-refractivity contribution in [1.29, 1.82) is 0 Å². The van der Waals surface area contributed by atoms with E-state index >= 15 is 0 Å². The molecule has 388 valence electrons. The van der Waals surface area contributed by atoms with E-state index < -0.39 is 13.9 Å². The molecule has 0 rings (SSSR count). The Balaban J connectivity index is 3.90. The number of hydrogen-bond donors (Lipinski definition) is 2. The molecule has 0 aromatic carbocycles. The Morgan fingerprint density at radius 3 is 1.21 bits per heavy atom. The fraction of sp³-hybridized carbons (Fsp3) is 0.842. The van der Waals surface area contributed by atoms with Crippen LogP contribution in [0.4, 0.5) is 0 Å². The monoisotopic (exact) mass is 950 g/mol. The third-order valence-electron chi connectivity index (χ3n) is 12.2. The highest BCUT2D eigenvalue weighted by atomic mass is 31.2. The molecule has 0 saturated heterocycles. The van der Waals surface area contributed by atoms with Gasteiger partial charge in [0.05, 0.1) is 19.8 Å². The second-order valence-electron chi connectivity index (χ2n) is 18.8. The maximum atomic E-state index is 12.7. The van der Waals surface area contributed by atoms with E-state index in [1.54, 1.807) is 0 Å².